The Hall–Kier alpha value is -1.69. The van der Waals surface area contributed by atoms with E-state index in [0.29, 0.717) is 11.3 Å². The van der Waals surface area contributed by atoms with E-state index in [2.05, 4.69) is 4.74 Å². The number of hydrogen-bond donors (Lipinski definition) is 1. The van der Waals surface area contributed by atoms with E-state index < -0.39 is 25.7 Å². The fourth-order valence-corrected chi connectivity index (χ4v) is 2.17. The molecule has 1 N–H and O–H groups in total. The molecular weight excluding hydrogens is 287 g/mol. The number of rotatable bonds is 6. The van der Waals surface area contributed by atoms with Crippen LogP contribution in [-0.4, -0.2) is 30.1 Å². The van der Waals surface area contributed by atoms with Crippen molar-refractivity contribution in [2.75, 3.05) is 13.3 Å². The van der Waals surface area contributed by atoms with E-state index in [1.165, 1.54) is 19.1 Å². The molecule has 1 aromatic carbocycles. The molecule has 20 heavy (non-hydrogen) atoms. The molecular formula is C12H15O7P. The molecule has 110 valence electrons. The summed E-state index contributed by atoms with van der Waals surface area (Å²) in [5.41, 5.74) is 0.597. The zero-order chi connectivity index (χ0) is 15.2. The minimum atomic E-state index is -4.02. The highest BCUT2D eigenvalue weighted by molar-refractivity contribution is 7.53. The molecule has 0 aliphatic heterocycles. The first-order valence-corrected chi connectivity index (χ1v) is 7.39. The fourth-order valence-electron chi connectivity index (χ4n) is 1.27. The zero-order valence-corrected chi connectivity index (χ0v) is 12.0. The third kappa shape index (κ3) is 5.97. The number of carbonyl (C=O) groups excluding carboxylic acids is 2. The standard InChI is InChI=1S/C12H15O7P/c1-9(13)19-11-5-3-10(4-6-11)7-18-20(15,16)8-12(14)17-2/h3-6H,7-8H2,1-2H3,(H,15,16). The Morgan fingerprint density at radius 3 is 2.35 bits per heavy atom. The lowest BCUT2D eigenvalue weighted by Crippen LogP contribution is -2.08. The minimum absolute atomic E-state index is 0.148. The highest BCUT2D eigenvalue weighted by Gasteiger charge is 2.24. The lowest BCUT2D eigenvalue weighted by molar-refractivity contribution is -0.138. The van der Waals surface area contributed by atoms with Gasteiger partial charge in [0.25, 0.3) is 0 Å². The molecule has 1 rings (SSSR count). The van der Waals surface area contributed by atoms with Crippen LogP contribution in [0.3, 0.4) is 0 Å². The van der Waals surface area contributed by atoms with Crippen molar-refractivity contribution in [1.82, 2.24) is 0 Å². The van der Waals surface area contributed by atoms with Crippen LogP contribution in [0.2, 0.25) is 0 Å². The van der Waals surface area contributed by atoms with Gasteiger partial charge in [0.2, 0.25) is 0 Å². The SMILES string of the molecule is COC(=O)CP(=O)(O)OCc1ccc(OC(C)=O)cc1. The second kappa shape index (κ2) is 7.19. The molecule has 0 spiro atoms. The molecule has 1 aromatic rings. The number of esters is 2. The number of benzene rings is 1. The Labute approximate surface area is 116 Å². The predicted octanol–water partition coefficient (Wildman–Crippen LogP) is 1.49. The van der Waals surface area contributed by atoms with Crippen LogP contribution < -0.4 is 4.74 Å². The van der Waals surface area contributed by atoms with Gasteiger partial charge in [-0.2, -0.15) is 0 Å². The molecule has 7 nitrogen and oxygen atoms in total. The predicted molar refractivity (Wildman–Crippen MR) is 69.2 cm³/mol. The molecule has 0 heterocycles. The number of hydrogen-bond acceptors (Lipinski definition) is 6. The third-order valence-corrected chi connectivity index (χ3v) is 3.36. The summed E-state index contributed by atoms with van der Waals surface area (Å²) in [7, 11) is -2.90. The maximum atomic E-state index is 11.5. The molecule has 0 aromatic heterocycles. The van der Waals surface area contributed by atoms with E-state index in [1.54, 1.807) is 12.1 Å². The first-order chi connectivity index (χ1) is 9.32. The fraction of sp³-hybridized carbons (Fsp3) is 0.333. The van der Waals surface area contributed by atoms with Crippen LogP contribution in [0.4, 0.5) is 0 Å². The highest BCUT2D eigenvalue weighted by Crippen LogP contribution is 2.42. The van der Waals surface area contributed by atoms with E-state index in [4.69, 9.17) is 9.26 Å². The van der Waals surface area contributed by atoms with E-state index in [9.17, 15) is 19.0 Å². The Bertz CT molecular complexity index is 523. The summed E-state index contributed by atoms with van der Waals surface area (Å²) in [4.78, 5) is 31.0. The van der Waals surface area contributed by atoms with Gasteiger partial charge in [-0.3, -0.25) is 14.2 Å². The van der Waals surface area contributed by atoms with Crippen molar-refractivity contribution in [2.45, 2.75) is 13.5 Å². The van der Waals surface area contributed by atoms with Gasteiger partial charge >= 0.3 is 19.5 Å². The Balaban J connectivity index is 2.55. The summed E-state index contributed by atoms with van der Waals surface area (Å²) in [5.74, 6) is -0.893. The molecule has 0 bridgehead atoms. The van der Waals surface area contributed by atoms with E-state index in [-0.39, 0.29) is 6.61 Å². The first-order valence-electron chi connectivity index (χ1n) is 5.63. The maximum absolute atomic E-state index is 11.5. The summed E-state index contributed by atoms with van der Waals surface area (Å²) in [6.07, 6.45) is -0.699. The van der Waals surface area contributed by atoms with Crippen molar-refractivity contribution in [3.8, 4) is 5.75 Å². The van der Waals surface area contributed by atoms with Crippen LogP contribution in [0, 0.1) is 0 Å². The maximum Gasteiger partial charge on any atom is 0.339 e. The molecule has 0 amide bonds. The average molecular weight is 302 g/mol. The van der Waals surface area contributed by atoms with Crippen molar-refractivity contribution in [3.05, 3.63) is 29.8 Å². The second-order valence-electron chi connectivity index (χ2n) is 3.88. The van der Waals surface area contributed by atoms with Crippen molar-refractivity contribution in [3.63, 3.8) is 0 Å². The summed E-state index contributed by atoms with van der Waals surface area (Å²) in [6.45, 7) is 1.14. The molecule has 8 heteroatoms. The van der Waals surface area contributed by atoms with Crippen LogP contribution >= 0.6 is 7.60 Å². The van der Waals surface area contributed by atoms with E-state index in [0.717, 1.165) is 7.11 Å². The van der Waals surface area contributed by atoms with Gasteiger partial charge in [-0.15, -0.1) is 0 Å². The van der Waals surface area contributed by atoms with Gasteiger partial charge in [-0.1, -0.05) is 12.1 Å². The lowest BCUT2D eigenvalue weighted by atomic mass is 10.2. The molecule has 0 aliphatic carbocycles. The van der Waals surface area contributed by atoms with Gasteiger partial charge in [-0.25, -0.2) is 0 Å². The normalized spacial score (nSPS) is 13.3. The zero-order valence-electron chi connectivity index (χ0n) is 11.1. The van der Waals surface area contributed by atoms with E-state index in [1.807, 2.05) is 0 Å². The van der Waals surface area contributed by atoms with Crippen LogP contribution in [0.1, 0.15) is 12.5 Å². The van der Waals surface area contributed by atoms with Gasteiger partial charge in [0.05, 0.1) is 13.7 Å². The number of carbonyl (C=O) groups is 2. The smallest absolute Gasteiger partial charge is 0.339 e. The molecule has 0 saturated heterocycles. The summed E-state index contributed by atoms with van der Waals surface area (Å²) in [6, 6.07) is 6.22. The quantitative estimate of drug-likeness (QED) is 0.482. The van der Waals surface area contributed by atoms with Crippen molar-refractivity contribution < 1.29 is 33.0 Å². The van der Waals surface area contributed by atoms with Crippen LogP contribution in [0.15, 0.2) is 24.3 Å². The van der Waals surface area contributed by atoms with Crippen LogP contribution in [0.25, 0.3) is 0 Å². The topological polar surface area (TPSA) is 99.1 Å². The average Bonchev–Trinajstić information content (AvgIpc) is 2.37. The molecule has 0 fully saturated rings. The molecule has 0 aliphatic rings. The summed E-state index contributed by atoms with van der Waals surface area (Å²) >= 11 is 0. The number of ether oxygens (including phenoxy) is 2. The Kier molecular flexibility index (Phi) is 5.88. The van der Waals surface area contributed by atoms with Gasteiger partial charge in [0.15, 0.2) is 0 Å². The largest absolute Gasteiger partial charge is 0.469 e. The van der Waals surface area contributed by atoms with Crippen LogP contribution in [-0.2, 0) is 30.0 Å². The van der Waals surface area contributed by atoms with Gasteiger partial charge in [-0.05, 0) is 17.7 Å². The Morgan fingerprint density at radius 2 is 1.85 bits per heavy atom. The molecule has 0 radical (unpaired) electrons. The molecule has 1 atom stereocenters. The number of methoxy groups -OCH3 is 1. The Morgan fingerprint density at radius 1 is 1.25 bits per heavy atom. The van der Waals surface area contributed by atoms with Crippen molar-refractivity contribution in [2.24, 2.45) is 0 Å². The minimum Gasteiger partial charge on any atom is -0.469 e. The molecule has 1 unspecified atom stereocenters. The van der Waals surface area contributed by atoms with Gasteiger partial charge < -0.3 is 18.9 Å². The van der Waals surface area contributed by atoms with Gasteiger partial charge in [0, 0.05) is 6.92 Å². The van der Waals surface area contributed by atoms with E-state index >= 15 is 0 Å². The second-order valence-corrected chi connectivity index (χ2v) is 5.73. The monoisotopic (exact) mass is 302 g/mol. The summed E-state index contributed by atoms with van der Waals surface area (Å²) in [5, 5.41) is 0. The highest BCUT2D eigenvalue weighted by atomic mass is 31.2. The van der Waals surface area contributed by atoms with Crippen molar-refractivity contribution >= 4 is 19.5 Å². The first kappa shape index (κ1) is 16.4. The van der Waals surface area contributed by atoms with Crippen molar-refractivity contribution in [1.29, 1.82) is 0 Å². The molecule has 0 saturated carbocycles. The summed E-state index contributed by atoms with van der Waals surface area (Å²) < 4.78 is 25.5. The third-order valence-electron chi connectivity index (χ3n) is 2.17. The van der Waals surface area contributed by atoms with Crippen LogP contribution in [0.5, 0.6) is 5.75 Å². The van der Waals surface area contributed by atoms with Gasteiger partial charge in [0.1, 0.15) is 11.9 Å². The lowest BCUT2D eigenvalue weighted by Gasteiger charge is -2.11.